The van der Waals surface area contributed by atoms with Gasteiger partial charge in [0.25, 0.3) is 5.91 Å². The number of para-hydroxylation sites is 1. The van der Waals surface area contributed by atoms with Crippen molar-refractivity contribution in [3.05, 3.63) is 94.1 Å². The van der Waals surface area contributed by atoms with Gasteiger partial charge in [-0.3, -0.25) is 9.69 Å². The van der Waals surface area contributed by atoms with Crippen molar-refractivity contribution in [3.63, 3.8) is 0 Å². The Bertz CT molecular complexity index is 1130. The summed E-state index contributed by atoms with van der Waals surface area (Å²) >= 11 is 12.4. The van der Waals surface area contributed by atoms with Crippen molar-refractivity contribution < 1.29 is 13.9 Å². The van der Waals surface area contributed by atoms with Gasteiger partial charge < -0.3 is 4.74 Å². The highest BCUT2D eigenvalue weighted by molar-refractivity contribution is 8.27. The van der Waals surface area contributed by atoms with E-state index in [0.717, 1.165) is 11.3 Å². The largest absolute Gasteiger partial charge is 0.457 e. The zero-order chi connectivity index (χ0) is 20.4. The summed E-state index contributed by atoms with van der Waals surface area (Å²) in [5.74, 6) is 0.554. The molecule has 0 aromatic heterocycles. The summed E-state index contributed by atoms with van der Waals surface area (Å²) in [4.78, 5) is 14.7. The number of carbonyl (C=O) groups is 1. The molecular weight excluding hydrogens is 429 g/mol. The third-order valence-corrected chi connectivity index (χ3v) is 5.68. The van der Waals surface area contributed by atoms with E-state index in [1.807, 2.05) is 54.6 Å². The van der Waals surface area contributed by atoms with Crippen molar-refractivity contribution in [2.45, 2.75) is 0 Å². The van der Waals surface area contributed by atoms with Gasteiger partial charge in [0.15, 0.2) is 4.32 Å². The van der Waals surface area contributed by atoms with Gasteiger partial charge in [-0.05, 0) is 54.1 Å². The highest BCUT2D eigenvalue weighted by Gasteiger charge is 2.33. The van der Waals surface area contributed by atoms with Gasteiger partial charge in [0.1, 0.15) is 17.3 Å². The Balaban J connectivity index is 1.59. The van der Waals surface area contributed by atoms with E-state index in [9.17, 15) is 9.18 Å². The third kappa shape index (κ3) is 4.34. The van der Waals surface area contributed by atoms with Crippen LogP contribution in [0.25, 0.3) is 6.08 Å². The summed E-state index contributed by atoms with van der Waals surface area (Å²) in [6.07, 6.45) is 1.75. The van der Waals surface area contributed by atoms with E-state index in [0.29, 0.717) is 20.7 Å². The molecule has 7 heteroatoms. The molecule has 144 valence electrons. The molecule has 0 spiro atoms. The van der Waals surface area contributed by atoms with Crippen molar-refractivity contribution >= 4 is 57.6 Å². The normalized spacial score (nSPS) is 15.2. The molecule has 1 saturated heterocycles. The lowest BCUT2D eigenvalue weighted by molar-refractivity contribution is -0.113. The Morgan fingerprint density at radius 2 is 1.76 bits per heavy atom. The number of rotatable bonds is 4. The lowest BCUT2D eigenvalue weighted by Gasteiger charge is -2.14. The number of benzene rings is 3. The summed E-state index contributed by atoms with van der Waals surface area (Å²) in [6.45, 7) is 0. The summed E-state index contributed by atoms with van der Waals surface area (Å²) in [5, 5.41) is -0.0636. The molecule has 0 radical (unpaired) electrons. The molecule has 0 unspecified atom stereocenters. The highest BCUT2D eigenvalue weighted by Crippen LogP contribution is 2.37. The van der Waals surface area contributed by atoms with E-state index in [1.54, 1.807) is 6.08 Å². The Kier molecular flexibility index (Phi) is 5.67. The topological polar surface area (TPSA) is 29.5 Å². The fraction of sp³-hybridized carbons (Fsp3) is 0. The lowest BCUT2D eigenvalue weighted by Crippen LogP contribution is -2.27. The monoisotopic (exact) mass is 441 g/mol. The number of hydrogen-bond donors (Lipinski definition) is 0. The smallest absolute Gasteiger partial charge is 0.270 e. The molecule has 0 atom stereocenters. The van der Waals surface area contributed by atoms with Crippen molar-refractivity contribution in [1.29, 1.82) is 0 Å². The second-order valence-electron chi connectivity index (χ2n) is 6.10. The molecule has 4 rings (SSSR count). The molecule has 0 saturated carbocycles. The molecule has 1 fully saturated rings. The molecule has 29 heavy (non-hydrogen) atoms. The first-order chi connectivity index (χ1) is 14.0. The number of amides is 1. The fourth-order valence-corrected chi connectivity index (χ4v) is 4.23. The predicted molar refractivity (Wildman–Crippen MR) is 120 cm³/mol. The number of halogens is 2. The summed E-state index contributed by atoms with van der Waals surface area (Å²) in [7, 11) is 0. The molecular formula is C22H13ClFNO2S2. The first-order valence-corrected chi connectivity index (χ1v) is 10.2. The van der Waals surface area contributed by atoms with Crippen molar-refractivity contribution in [2.75, 3.05) is 4.90 Å². The molecule has 3 nitrogen and oxygen atoms in total. The second-order valence-corrected chi connectivity index (χ2v) is 8.19. The molecule has 1 amide bonds. The maximum absolute atomic E-state index is 13.4. The van der Waals surface area contributed by atoms with E-state index in [1.165, 1.54) is 34.9 Å². The Morgan fingerprint density at radius 3 is 2.52 bits per heavy atom. The minimum absolute atomic E-state index is 0.0636. The Morgan fingerprint density at radius 1 is 1.00 bits per heavy atom. The van der Waals surface area contributed by atoms with Gasteiger partial charge in [-0.1, -0.05) is 65.9 Å². The average molecular weight is 442 g/mol. The van der Waals surface area contributed by atoms with Gasteiger partial charge in [-0.15, -0.1) is 0 Å². The molecule has 1 aliphatic rings. The van der Waals surface area contributed by atoms with Crippen LogP contribution >= 0.6 is 35.6 Å². The Hall–Kier alpha value is -2.67. The van der Waals surface area contributed by atoms with E-state index >= 15 is 0 Å². The van der Waals surface area contributed by atoms with Crippen LogP contribution in [0, 0.1) is 5.82 Å². The molecule has 3 aromatic carbocycles. The van der Waals surface area contributed by atoms with Crippen LogP contribution in [0.3, 0.4) is 0 Å². The number of anilines is 1. The van der Waals surface area contributed by atoms with Gasteiger partial charge in [0.05, 0.1) is 15.6 Å². The number of hydrogen-bond acceptors (Lipinski definition) is 4. The standard InChI is InChI=1S/C22H13ClFNO2S2/c23-18-13-15(9-10-19(18)24)25-21(26)20(29-22(25)28)12-14-5-4-8-17(11-14)27-16-6-2-1-3-7-16/h1-13H/b20-12+. The van der Waals surface area contributed by atoms with Gasteiger partial charge in [0, 0.05) is 0 Å². The molecule has 1 aliphatic heterocycles. The Labute approximate surface area is 181 Å². The first-order valence-electron chi connectivity index (χ1n) is 8.57. The molecule has 0 bridgehead atoms. The number of thioether (sulfide) groups is 1. The lowest BCUT2D eigenvalue weighted by atomic mass is 10.2. The van der Waals surface area contributed by atoms with E-state index in [2.05, 4.69) is 0 Å². The fourth-order valence-electron chi connectivity index (χ4n) is 2.76. The quantitative estimate of drug-likeness (QED) is 0.333. The summed E-state index contributed by atoms with van der Waals surface area (Å²) in [5.41, 5.74) is 1.24. The van der Waals surface area contributed by atoms with Crippen molar-refractivity contribution in [2.24, 2.45) is 0 Å². The van der Waals surface area contributed by atoms with Gasteiger partial charge in [0.2, 0.25) is 0 Å². The van der Waals surface area contributed by atoms with Crippen LogP contribution in [0.2, 0.25) is 5.02 Å². The minimum atomic E-state index is -0.549. The minimum Gasteiger partial charge on any atom is -0.457 e. The maximum Gasteiger partial charge on any atom is 0.270 e. The van der Waals surface area contributed by atoms with Gasteiger partial charge in [-0.25, -0.2) is 4.39 Å². The molecule has 3 aromatic rings. The summed E-state index contributed by atoms with van der Waals surface area (Å²) in [6, 6.07) is 20.9. The van der Waals surface area contributed by atoms with Crippen molar-refractivity contribution in [3.8, 4) is 11.5 Å². The number of carbonyl (C=O) groups excluding carboxylic acids is 1. The molecule has 0 N–H and O–H groups in total. The van der Waals surface area contributed by atoms with Crippen LogP contribution in [-0.2, 0) is 4.79 Å². The van der Waals surface area contributed by atoms with Crippen LogP contribution in [-0.4, -0.2) is 10.2 Å². The number of thiocarbonyl (C=S) groups is 1. The van der Waals surface area contributed by atoms with Crippen molar-refractivity contribution in [1.82, 2.24) is 0 Å². The van der Waals surface area contributed by atoms with E-state index in [-0.39, 0.29) is 10.9 Å². The predicted octanol–water partition coefficient (Wildman–Crippen LogP) is 6.68. The number of ether oxygens (including phenoxy) is 1. The van der Waals surface area contributed by atoms with E-state index < -0.39 is 5.82 Å². The maximum atomic E-state index is 13.4. The van der Waals surface area contributed by atoms with Gasteiger partial charge >= 0.3 is 0 Å². The highest BCUT2D eigenvalue weighted by atomic mass is 35.5. The average Bonchev–Trinajstić information content (AvgIpc) is 2.98. The zero-order valence-corrected chi connectivity index (χ0v) is 17.2. The molecule has 1 heterocycles. The van der Waals surface area contributed by atoms with Crippen LogP contribution in [0.15, 0.2) is 77.7 Å². The molecule has 0 aliphatic carbocycles. The van der Waals surface area contributed by atoms with Crippen LogP contribution in [0.5, 0.6) is 11.5 Å². The zero-order valence-electron chi connectivity index (χ0n) is 14.8. The SMILES string of the molecule is O=C1/C(=C\c2cccc(Oc3ccccc3)c2)SC(=S)N1c1ccc(F)c(Cl)c1. The van der Waals surface area contributed by atoms with Crippen LogP contribution in [0.4, 0.5) is 10.1 Å². The number of nitrogens with zero attached hydrogens (tertiary/aromatic N) is 1. The van der Waals surface area contributed by atoms with Crippen LogP contribution < -0.4 is 9.64 Å². The first kappa shape index (κ1) is 19.6. The third-order valence-electron chi connectivity index (χ3n) is 4.09. The summed E-state index contributed by atoms with van der Waals surface area (Å²) < 4.78 is 19.6. The second kappa shape index (κ2) is 8.37. The van der Waals surface area contributed by atoms with Crippen LogP contribution in [0.1, 0.15) is 5.56 Å². The van der Waals surface area contributed by atoms with Gasteiger partial charge in [-0.2, -0.15) is 0 Å². The van der Waals surface area contributed by atoms with E-state index in [4.69, 9.17) is 28.6 Å².